The molecule has 4 atom stereocenters. The maximum atomic E-state index is 9.79. The summed E-state index contributed by atoms with van der Waals surface area (Å²) in [5, 5.41) is 12.4. The molecule has 0 N–H and O–H groups in total. The van der Waals surface area contributed by atoms with E-state index in [-0.39, 0.29) is 6.04 Å². The van der Waals surface area contributed by atoms with Crippen LogP contribution in [0.5, 0.6) is 6.01 Å². The number of nitrogens with zero attached hydrogens (tertiary/aromatic N) is 8. The number of aryl methyl sites for hydroxylation is 1. The van der Waals surface area contributed by atoms with Crippen molar-refractivity contribution in [3.05, 3.63) is 53.2 Å². The lowest BCUT2D eigenvalue weighted by molar-refractivity contribution is 0.169. The van der Waals surface area contributed by atoms with Crippen LogP contribution in [-0.2, 0) is 13.0 Å². The van der Waals surface area contributed by atoms with Gasteiger partial charge in [-0.1, -0.05) is 30.3 Å². The molecule has 0 radical (unpaired) electrons. The second-order valence-electron chi connectivity index (χ2n) is 13.9. The first-order chi connectivity index (χ1) is 21.9. The molecule has 3 fully saturated rings. The molecule has 45 heavy (non-hydrogen) atoms. The van der Waals surface area contributed by atoms with Crippen molar-refractivity contribution in [3.63, 3.8) is 0 Å². The fourth-order valence-corrected chi connectivity index (χ4v) is 7.94. The van der Waals surface area contributed by atoms with Crippen LogP contribution in [0.4, 0.5) is 11.5 Å². The highest BCUT2D eigenvalue weighted by atomic mass is 16.5. The fraction of sp³-hybridized carbons (Fsp3) is 0.583. The van der Waals surface area contributed by atoms with E-state index < -0.39 is 0 Å². The molecule has 9 nitrogen and oxygen atoms in total. The first kappa shape index (κ1) is 30.2. The topological polar surface area (TPSA) is 74.8 Å². The van der Waals surface area contributed by atoms with Crippen LogP contribution in [-0.4, -0.2) is 108 Å². The van der Waals surface area contributed by atoms with Crippen molar-refractivity contribution in [2.45, 2.75) is 77.2 Å². The molecule has 5 heterocycles. The van der Waals surface area contributed by atoms with E-state index in [2.05, 4.69) is 94.8 Å². The number of benzene rings is 2. The molecule has 0 saturated carbocycles. The van der Waals surface area contributed by atoms with E-state index in [1.807, 2.05) is 0 Å². The van der Waals surface area contributed by atoms with Crippen molar-refractivity contribution in [2.24, 2.45) is 0 Å². The van der Waals surface area contributed by atoms with Gasteiger partial charge in [0.1, 0.15) is 12.4 Å². The van der Waals surface area contributed by atoms with E-state index in [0.29, 0.717) is 37.2 Å². The lowest BCUT2D eigenvalue weighted by Crippen LogP contribution is -2.55. The molecule has 238 valence electrons. The van der Waals surface area contributed by atoms with Gasteiger partial charge in [0, 0.05) is 80.1 Å². The number of piperazine rings is 1. The molecule has 1 aromatic heterocycles. The number of hydrogen-bond donors (Lipinski definition) is 0. The van der Waals surface area contributed by atoms with Gasteiger partial charge >= 0.3 is 6.01 Å². The Bertz CT molecular complexity index is 1560. The van der Waals surface area contributed by atoms with E-state index >= 15 is 0 Å². The molecule has 0 spiro atoms. The zero-order valence-electron chi connectivity index (χ0n) is 27.5. The number of fused-ring (bicyclic) bond motifs is 2. The minimum Gasteiger partial charge on any atom is -0.462 e. The van der Waals surface area contributed by atoms with Crippen molar-refractivity contribution in [2.75, 3.05) is 69.3 Å². The van der Waals surface area contributed by atoms with Crippen LogP contribution in [0.25, 0.3) is 10.8 Å². The normalized spacial score (nSPS) is 25.5. The van der Waals surface area contributed by atoms with E-state index in [4.69, 9.17) is 14.7 Å². The standard InChI is InChI=1S/C36H48N8O/c1-25(2)44-22-30(44)21-41-18-19-43(20-28(41)13-15-37)35-31-14-17-42(33-12-6-10-27-9-5-8-26(3)34(27)33)23-32(31)38-36(39-35)45-24-29-11-7-16-40(29)4/h5-6,8-10,12,25,28-30H,7,11,13-14,16-24H2,1-4H3/t28-,29-,30+,44?/m0/s1. The van der Waals surface area contributed by atoms with Crippen molar-refractivity contribution < 1.29 is 4.74 Å². The highest BCUT2D eigenvalue weighted by Gasteiger charge is 2.40. The summed E-state index contributed by atoms with van der Waals surface area (Å²) >= 11 is 0. The van der Waals surface area contributed by atoms with Gasteiger partial charge in [0.15, 0.2) is 0 Å². The van der Waals surface area contributed by atoms with Gasteiger partial charge in [0.25, 0.3) is 0 Å². The number of aromatic nitrogens is 2. The Morgan fingerprint density at radius 3 is 2.58 bits per heavy atom. The van der Waals surface area contributed by atoms with Crippen LogP contribution in [0, 0.1) is 18.3 Å². The van der Waals surface area contributed by atoms with Crippen LogP contribution < -0.4 is 14.5 Å². The molecular weight excluding hydrogens is 560 g/mol. The van der Waals surface area contributed by atoms with Gasteiger partial charge in [-0.05, 0) is 70.6 Å². The van der Waals surface area contributed by atoms with Crippen LogP contribution >= 0.6 is 0 Å². The first-order valence-corrected chi connectivity index (χ1v) is 17.0. The number of likely N-dealkylation sites (tertiary alicyclic amines) is 1. The minimum absolute atomic E-state index is 0.194. The molecule has 1 unspecified atom stereocenters. The SMILES string of the molecule is Cc1cccc2cccc(N3CCc4c(nc(OC[C@@H]5CCCN5C)nc4N4CCN(C[C@@H]5CN5C(C)C)[C@@H](CC#N)C4)C3)c12. The summed E-state index contributed by atoms with van der Waals surface area (Å²) in [6.45, 7) is 15.0. The van der Waals surface area contributed by atoms with E-state index in [9.17, 15) is 5.26 Å². The number of likely N-dealkylation sites (N-methyl/N-ethyl adjacent to an activating group) is 1. The molecule has 0 bridgehead atoms. The van der Waals surface area contributed by atoms with Crippen LogP contribution in [0.1, 0.15) is 49.9 Å². The second-order valence-corrected chi connectivity index (χ2v) is 13.9. The monoisotopic (exact) mass is 608 g/mol. The molecule has 2 aromatic carbocycles. The summed E-state index contributed by atoms with van der Waals surface area (Å²) in [4.78, 5) is 22.6. The molecule has 0 amide bonds. The third kappa shape index (κ3) is 6.20. The smallest absolute Gasteiger partial charge is 0.318 e. The summed E-state index contributed by atoms with van der Waals surface area (Å²) in [7, 11) is 2.18. The Labute approximate surface area is 268 Å². The maximum absolute atomic E-state index is 9.79. The third-order valence-electron chi connectivity index (χ3n) is 10.6. The van der Waals surface area contributed by atoms with Gasteiger partial charge in [-0.3, -0.25) is 9.80 Å². The molecule has 4 aliphatic heterocycles. The van der Waals surface area contributed by atoms with Crippen LogP contribution in [0.3, 0.4) is 0 Å². The predicted octanol–water partition coefficient (Wildman–Crippen LogP) is 4.47. The Hall–Kier alpha value is -3.45. The van der Waals surface area contributed by atoms with Gasteiger partial charge in [-0.15, -0.1) is 0 Å². The van der Waals surface area contributed by atoms with Gasteiger partial charge < -0.3 is 19.4 Å². The zero-order valence-corrected chi connectivity index (χ0v) is 27.5. The number of rotatable bonds is 9. The Kier molecular flexibility index (Phi) is 8.56. The summed E-state index contributed by atoms with van der Waals surface area (Å²) < 4.78 is 6.40. The molecule has 0 aliphatic carbocycles. The minimum atomic E-state index is 0.194. The number of anilines is 2. The number of ether oxygens (including phenoxy) is 1. The third-order valence-corrected chi connectivity index (χ3v) is 10.6. The predicted molar refractivity (Wildman–Crippen MR) is 180 cm³/mol. The summed E-state index contributed by atoms with van der Waals surface area (Å²) in [5.74, 6) is 1.02. The maximum Gasteiger partial charge on any atom is 0.318 e. The lowest BCUT2D eigenvalue weighted by Gasteiger charge is -2.42. The first-order valence-electron chi connectivity index (χ1n) is 17.0. The highest BCUT2D eigenvalue weighted by Crippen LogP contribution is 2.36. The average Bonchev–Trinajstić information content (AvgIpc) is 3.70. The Balaban J connectivity index is 1.17. The van der Waals surface area contributed by atoms with Crippen LogP contribution in [0.15, 0.2) is 36.4 Å². The molecule has 3 saturated heterocycles. The van der Waals surface area contributed by atoms with E-state index in [0.717, 1.165) is 70.2 Å². The van der Waals surface area contributed by atoms with Crippen molar-refractivity contribution in [1.29, 1.82) is 5.26 Å². The molecule has 9 heteroatoms. The van der Waals surface area contributed by atoms with E-state index in [1.54, 1.807) is 0 Å². The summed E-state index contributed by atoms with van der Waals surface area (Å²) in [5.41, 5.74) is 4.87. The van der Waals surface area contributed by atoms with E-state index in [1.165, 1.54) is 40.6 Å². The van der Waals surface area contributed by atoms with Gasteiger partial charge in [-0.25, -0.2) is 0 Å². The molecule has 7 rings (SSSR count). The zero-order chi connectivity index (χ0) is 31.1. The quantitative estimate of drug-likeness (QED) is 0.327. The van der Waals surface area contributed by atoms with Gasteiger partial charge in [0.05, 0.1) is 24.7 Å². The fourth-order valence-electron chi connectivity index (χ4n) is 7.94. The Morgan fingerprint density at radius 2 is 1.82 bits per heavy atom. The largest absolute Gasteiger partial charge is 0.462 e. The second kappa shape index (κ2) is 12.7. The highest BCUT2D eigenvalue weighted by molar-refractivity contribution is 5.97. The average molecular weight is 609 g/mol. The van der Waals surface area contributed by atoms with Crippen molar-refractivity contribution >= 4 is 22.3 Å². The molecular formula is C36H48N8O. The van der Waals surface area contributed by atoms with Crippen molar-refractivity contribution in [3.8, 4) is 12.1 Å². The molecule has 3 aromatic rings. The molecule has 4 aliphatic rings. The Morgan fingerprint density at radius 1 is 0.978 bits per heavy atom. The summed E-state index contributed by atoms with van der Waals surface area (Å²) in [6, 6.07) is 17.9. The van der Waals surface area contributed by atoms with Gasteiger partial charge in [0.2, 0.25) is 0 Å². The number of nitriles is 1. The van der Waals surface area contributed by atoms with Gasteiger partial charge in [-0.2, -0.15) is 15.2 Å². The lowest BCUT2D eigenvalue weighted by atomic mass is 9.99. The summed E-state index contributed by atoms with van der Waals surface area (Å²) in [6.07, 6.45) is 3.77. The number of hydrogen-bond acceptors (Lipinski definition) is 9. The van der Waals surface area contributed by atoms with Crippen LogP contribution in [0.2, 0.25) is 0 Å². The van der Waals surface area contributed by atoms with Crippen molar-refractivity contribution in [1.82, 2.24) is 24.7 Å².